The first-order chi connectivity index (χ1) is 8.69. The lowest BCUT2D eigenvalue weighted by Gasteiger charge is -2.10. The Morgan fingerprint density at radius 2 is 2.11 bits per heavy atom. The fourth-order valence-corrected chi connectivity index (χ4v) is 1.67. The Morgan fingerprint density at radius 3 is 2.78 bits per heavy atom. The topological polar surface area (TPSA) is 73.1 Å². The van der Waals surface area contributed by atoms with Crippen LogP contribution >= 0.6 is 11.6 Å². The van der Waals surface area contributed by atoms with Crippen LogP contribution in [0, 0.1) is 0 Å². The van der Waals surface area contributed by atoms with Crippen molar-refractivity contribution in [3.8, 4) is 0 Å². The zero-order valence-corrected chi connectivity index (χ0v) is 11.8. The molecule has 1 aromatic heterocycles. The van der Waals surface area contributed by atoms with Crippen LogP contribution in [0.25, 0.3) is 0 Å². The second kappa shape index (κ2) is 8.11. The number of rotatable bonds is 8. The first-order valence-corrected chi connectivity index (χ1v) is 6.70. The maximum absolute atomic E-state index is 5.98. The van der Waals surface area contributed by atoms with Crippen LogP contribution in [-0.4, -0.2) is 29.7 Å². The zero-order chi connectivity index (χ0) is 13.4. The highest BCUT2D eigenvalue weighted by Gasteiger charge is 2.09. The van der Waals surface area contributed by atoms with Gasteiger partial charge in [0.25, 0.3) is 0 Å². The molecule has 0 saturated heterocycles. The molecule has 3 N–H and O–H groups in total. The molecule has 0 amide bonds. The number of nitrogens with zero attached hydrogens (tertiary/aromatic N) is 2. The minimum atomic E-state index is 0.320. The van der Waals surface area contributed by atoms with Gasteiger partial charge in [-0.15, -0.1) is 0 Å². The molecule has 0 atom stereocenters. The van der Waals surface area contributed by atoms with Gasteiger partial charge < -0.3 is 15.8 Å². The monoisotopic (exact) mass is 272 g/mol. The average Bonchev–Trinajstić information content (AvgIpc) is 2.35. The van der Waals surface area contributed by atoms with Crippen molar-refractivity contribution in [1.29, 1.82) is 0 Å². The number of halogens is 1. The molecule has 102 valence electrons. The van der Waals surface area contributed by atoms with E-state index in [0.29, 0.717) is 16.7 Å². The van der Waals surface area contributed by atoms with Crippen molar-refractivity contribution in [2.75, 3.05) is 30.8 Å². The van der Waals surface area contributed by atoms with Gasteiger partial charge in [-0.25, -0.2) is 9.97 Å². The molecule has 0 radical (unpaired) electrons. The molecule has 5 nitrogen and oxygen atoms in total. The van der Waals surface area contributed by atoms with E-state index in [1.807, 2.05) is 6.92 Å². The maximum Gasteiger partial charge on any atom is 0.157 e. The molecule has 1 rings (SSSR count). The molecule has 0 spiro atoms. The fourth-order valence-electron chi connectivity index (χ4n) is 1.48. The van der Waals surface area contributed by atoms with Gasteiger partial charge in [0, 0.05) is 26.2 Å². The number of aryl methyl sites for hydroxylation is 1. The number of hydrogen-bond acceptors (Lipinski definition) is 5. The molecular weight excluding hydrogens is 252 g/mol. The second-order valence-electron chi connectivity index (χ2n) is 3.92. The van der Waals surface area contributed by atoms with Crippen LogP contribution in [0.1, 0.15) is 32.5 Å². The minimum Gasteiger partial charge on any atom is -0.393 e. The highest BCUT2D eigenvalue weighted by atomic mass is 35.5. The molecule has 0 aliphatic heterocycles. The number of nitrogen functional groups attached to an aromatic ring is 1. The highest BCUT2D eigenvalue weighted by molar-refractivity contribution is 6.32. The predicted octanol–water partition coefficient (Wildman–Crippen LogP) is 2.50. The molecule has 1 heterocycles. The second-order valence-corrected chi connectivity index (χ2v) is 4.28. The molecule has 0 bridgehead atoms. The number of anilines is 2. The average molecular weight is 273 g/mol. The molecule has 18 heavy (non-hydrogen) atoms. The van der Waals surface area contributed by atoms with E-state index in [1.165, 1.54) is 0 Å². The smallest absolute Gasteiger partial charge is 0.157 e. The summed E-state index contributed by atoms with van der Waals surface area (Å²) in [5, 5.41) is 3.49. The van der Waals surface area contributed by atoms with E-state index in [1.54, 1.807) is 0 Å². The third-order valence-corrected chi connectivity index (χ3v) is 2.67. The van der Waals surface area contributed by atoms with Gasteiger partial charge in [0.1, 0.15) is 11.5 Å². The highest BCUT2D eigenvalue weighted by Crippen LogP contribution is 2.23. The summed E-state index contributed by atoms with van der Waals surface area (Å²) in [7, 11) is 0. The van der Waals surface area contributed by atoms with Crippen molar-refractivity contribution >= 4 is 23.1 Å². The van der Waals surface area contributed by atoms with Gasteiger partial charge in [-0.3, -0.25) is 0 Å². The largest absolute Gasteiger partial charge is 0.393 e. The van der Waals surface area contributed by atoms with Crippen molar-refractivity contribution < 1.29 is 4.74 Å². The molecule has 0 saturated carbocycles. The van der Waals surface area contributed by atoms with Crippen LogP contribution < -0.4 is 11.1 Å². The Kier molecular flexibility index (Phi) is 6.75. The van der Waals surface area contributed by atoms with Gasteiger partial charge in [0.2, 0.25) is 0 Å². The summed E-state index contributed by atoms with van der Waals surface area (Å²) >= 11 is 5.98. The molecule has 6 heteroatoms. The number of aromatic nitrogens is 2. The van der Waals surface area contributed by atoms with Gasteiger partial charge in [0.15, 0.2) is 11.0 Å². The SMILES string of the molecule is CCCc1nc(Cl)c(N)c(NCCCOCC)n1. The van der Waals surface area contributed by atoms with Gasteiger partial charge in [-0.05, 0) is 19.8 Å². The minimum absolute atomic E-state index is 0.320. The van der Waals surface area contributed by atoms with Crippen molar-refractivity contribution in [3.05, 3.63) is 11.0 Å². The van der Waals surface area contributed by atoms with E-state index >= 15 is 0 Å². The van der Waals surface area contributed by atoms with Crippen molar-refractivity contribution in [2.45, 2.75) is 33.1 Å². The van der Waals surface area contributed by atoms with Crippen LogP contribution in [0.15, 0.2) is 0 Å². The first kappa shape index (κ1) is 15.0. The Balaban J connectivity index is 2.57. The number of nitrogens with two attached hydrogens (primary N) is 1. The lowest BCUT2D eigenvalue weighted by Crippen LogP contribution is -2.11. The lowest BCUT2D eigenvalue weighted by molar-refractivity contribution is 0.147. The zero-order valence-electron chi connectivity index (χ0n) is 11.0. The van der Waals surface area contributed by atoms with E-state index in [0.717, 1.165) is 44.8 Å². The Bertz CT molecular complexity index is 373. The predicted molar refractivity (Wildman–Crippen MR) is 75.0 cm³/mol. The number of ether oxygens (including phenoxy) is 1. The summed E-state index contributed by atoms with van der Waals surface area (Å²) in [5.74, 6) is 1.35. The van der Waals surface area contributed by atoms with Crippen LogP contribution in [-0.2, 0) is 11.2 Å². The van der Waals surface area contributed by atoms with Crippen molar-refractivity contribution in [1.82, 2.24) is 9.97 Å². The van der Waals surface area contributed by atoms with E-state index in [4.69, 9.17) is 22.1 Å². The molecular formula is C12H21ClN4O. The first-order valence-electron chi connectivity index (χ1n) is 6.32. The standard InChI is InChI=1S/C12H21ClN4O/c1-3-6-9-16-11(13)10(14)12(17-9)15-7-5-8-18-4-2/h3-8,14H2,1-2H3,(H,15,16,17). The maximum atomic E-state index is 5.98. The van der Waals surface area contributed by atoms with Gasteiger partial charge in [0.05, 0.1) is 0 Å². The van der Waals surface area contributed by atoms with E-state index in [-0.39, 0.29) is 0 Å². The summed E-state index contributed by atoms with van der Waals surface area (Å²) in [6.45, 7) is 6.27. The quantitative estimate of drug-likeness (QED) is 0.562. The molecule has 0 aliphatic rings. The van der Waals surface area contributed by atoms with Crippen LogP contribution in [0.2, 0.25) is 5.15 Å². The van der Waals surface area contributed by atoms with Crippen molar-refractivity contribution in [3.63, 3.8) is 0 Å². The van der Waals surface area contributed by atoms with E-state index < -0.39 is 0 Å². The summed E-state index contributed by atoms with van der Waals surface area (Å²) < 4.78 is 5.26. The van der Waals surface area contributed by atoms with Crippen LogP contribution in [0.5, 0.6) is 0 Å². The number of hydrogen-bond donors (Lipinski definition) is 2. The Labute approximate surface area is 113 Å². The third kappa shape index (κ3) is 4.66. The summed E-state index contributed by atoms with van der Waals surface area (Å²) in [5.41, 5.74) is 6.25. The number of nitrogens with one attached hydrogen (secondary N) is 1. The lowest BCUT2D eigenvalue weighted by atomic mass is 10.3. The van der Waals surface area contributed by atoms with Gasteiger partial charge in [-0.2, -0.15) is 0 Å². The molecule has 0 aliphatic carbocycles. The third-order valence-electron chi connectivity index (χ3n) is 2.38. The molecule has 0 aromatic carbocycles. The normalized spacial score (nSPS) is 10.6. The van der Waals surface area contributed by atoms with Gasteiger partial charge >= 0.3 is 0 Å². The molecule has 0 unspecified atom stereocenters. The fraction of sp³-hybridized carbons (Fsp3) is 0.667. The van der Waals surface area contributed by atoms with E-state index in [2.05, 4.69) is 22.2 Å². The van der Waals surface area contributed by atoms with E-state index in [9.17, 15) is 0 Å². The molecule has 0 fully saturated rings. The Hall–Kier alpha value is -1.07. The Morgan fingerprint density at radius 1 is 1.33 bits per heavy atom. The van der Waals surface area contributed by atoms with Gasteiger partial charge in [-0.1, -0.05) is 18.5 Å². The summed E-state index contributed by atoms with van der Waals surface area (Å²) in [4.78, 5) is 8.51. The van der Waals surface area contributed by atoms with Crippen LogP contribution in [0.3, 0.4) is 0 Å². The summed E-state index contributed by atoms with van der Waals surface area (Å²) in [6, 6.07) is 0. The molecule has 1 aromatic rings. The summed E-state index contributed by atoms with van der Waals surface area (Å²) in [6.07, 6.45) is 2.68. The van der Waals surface area contributed by atoms with Crippen LogP contribution in [0.4, 0.5) is 11.5 Å². The van der Waals surface area contributed by atoms with Crippen molar-refractivity contribution in [2.24, 2.45) is 0 Å².